The van der Waals surface area contributed by atoms with E-state index in [4.69, 9.17) is 0 Å². The topological polar surface area (TPSA) is 80.8 Å². The number of carbonyl (C=O) groups excluding carboxylic acids is 2. The predicted molar refractivity (Wildman–Crippen MR) is 61.0 cm³/mol. The Morgan fingerprint density at radius 1 is 1.41 bits per heavy atom. The summed E-state index contributed by atoms with van der Waals surface area (Å²) in [4.78, 5) is 24.4. The van der Waals surface area contributed by atoms with Crippen LogP contribution in [0.15, 0.2) is 0 Å². The van der Waals surface area contributed by atoms with E-state index in [2.05, 4.69) is 4.74 Å². The van der Waals surface area contributed by atoms with Gasteiger partial charge in [-0.25, -0.2) is 8.42 Å². The fourth-order valence-corrected chi connectivity index (χ4v) is 2.51. The van der Waals surface area contributed by atoms with Gasteiger partial charge in [-0.05, 0) is 12.8 Å². The lowest BCUT2D eigenvalue weighted by Gasteiger charge is -2.31. The number of ether oxygens (including phenoxy) is 1. The van der Waals surface area contributed by atoms with Gasteiger partial charge in [-0.1, -0.05) is 0 Å². The number of hydrogen-bond acceptors (Lipinski definition) is 5. The first-order valence-electron chi connectivity index (χ1n) is 5.37. The van der Waals surface area contributed by atoms with Crippen LogP contribution in [0.5, 0.6) is 0 Å². The molecular formula is C10H17NO5S. The molecule has 0 radical (unpaired) electrons. The molecule has 17 heavy (non-hydrogen) atoms. The molecule has 7 heteroatoms. The Labute approximate surface area is 101 Å². The lowest BCUT2D eigenvalue weighted by Crippen LogP contribution is -2.44. The van der Waals surface area contributed by atoms with Gasteiger partial charge in [-0.2, -0.15) is 0 Å². The molecule has 1 aliphatic rings. The third-order valence-electron chi connectivity index (χ3n) is 2.69. The van der Waals surface area contributed by atoms with Gasteiger partial charge in [0.15, 0.2) is 9.84 Å². The number of amides is 1. The summed E-state index contributed by atoms with van der Waals surface area (Å²) >= 11 is 0. The van der Waals surface area contributed by atoms with Crippen LogP contribution < -0.4 is 0 Å². The summed E-state index contributed by atoms with van der Waals surface area (Å²) in [6.45, 7) is 0.753. The Kier molecular flexibility index (Phi) is 4.50. The molecule has 1 fully saturated rings. The standard InChI is InChI=1S/C10H17NO5S/c1-16-10(13)8-4-3-5-11(6-8)9(12)7-17(2,14)15/h8H,3-7H2,1-2H3. The molecule has 1 atom stereocenters. The maximum Gasteiger partial charge on any atom is 0.310 e. The minimum atomic E-state index is -3.32. The second-order valence-corrected chi connectivity index (χ2v) is 6.41. The second kappa shape index (κ2) is 5.48. The highest BCUT2D eigenvalue weighted by Gasteiger charge is 2.29. The molecule has 0 aromatic heterocycles. The van der Waals surface area contributed by atoms with Crippen molar-refractivity contribution in [1.29, 1.82) is 0 Å². The van der Waals surface area contributed by atoms with Crippen molar-refractivity contribution in [1.82, 2.24) is 4.90 Å². The van der Waals surface area contributed by atoms with E-state index in [0.717, 1.165) is 6.26 Å². The van der Waals surface area contributed by atoms with Crippen molar-refractivity contribution in [2.24, 2.45) is 5.92 Å². The van der Waals surface area contributed by atoms with Crippen LogP contribution in [0.25, 0.3) is 0 Å². The third kappa shape index (κ3) is 4.33. The van der Waals surface area contributed by atoms with E-state index in [1.807, 2.05) is 0 Å². The molecule has 1 unspecified atom stereocenters. The van der Waals surface area contributed by atoms with Crippen LogP contribution in [-0.4, -0.2) is 57.4 Å². The first-order chi connectivity index (χ1) is 7.83. The van der Waals surface area contributed by atoms with Crippen LogP contribution in [-0.2, 0) is 24.2 Å². The molecule has 1 aliphatic heterocycles. The van der Waals surface area contributed by atoms with Gasteiger partial charge in [0.05, 0.1) is 13.0 Å². The Bertz CT molecular complexity index is 403. The molecule has 6 nitrogen and oxygen atoms in total. The zero-order chi connectivity index (χ0) is 13.1. The molecule has 0 aromatic rings. The van der Waals surface area contributed by atoms with Crippen LogP contribution >= 0.6 is 0 Å². The zero-order valence-corrected chi connectivity index (χ0v) is 10.8. The molecule has 1 saturated heterocycles. The van der Waals surface area contributed by atoms with Gasteiger partial charge >= 0.3 is 5.97 Å². The Hall–Kier alpha value is -1.11. The van der Waals surface area contributed by atoms with E-state index in [1.54, 1.807) is 0 Å². The number of likely N-dealkylation sites (tertiary alicyclic amines) is 1. The van der Waals surface area contributed by atoms with Crippen molar-refractivity contribution in [3.05, 3.63) is 0 Å². The number of piperidine rings is 1. The monoisotopic (exact) mass is 263 g/mol. The highest BCUT2D eigenvalue weighted by molar-refractivity contribution is 7.91. The molecule has 1 rings (SSSR count). The normalized spacial score (nSPS) is 21.1. The van der Waals surface area contributed by atoms with Crippen molar-refractivity contribution >= 4 is 21.7 Å². The number of nitrogens with zero attached hydrogens (tertiary/aromatic N) is 1. The largest absolute Gasteiger partial charge is 0.469 e. The van der Waals surface area contributed by atoms with E-state index in [0.29, 0.717) is 19.4 Å². The van der Waals surface area contributed by atoms with Crippen LogP contribution in [0, 0.1) is 5.92 Å². The van der Waals surface area contributed by atoms with E-state index in [-0.39, 0.29) is 18.4 Å². The smallest absolute Gasteiger partial charge is 0.310 e. The Morgan fingerprint density at radius 2 is 2.06 bits per heavy atom. The maximum absolute atomic E-state index is 11.7. The van der Waals surface area contributed by atoms with Crippen LogP contribution in [0.2, 0.25) is 0 Å². The van der Waals surface area contributed by atoms with Crippen molar-refractivity contribution in [3.63, 3.8) is 0 Å². The van der Waals surface area contributed by atoms with E-state index < -0.39 is 21.5 Å². The Morgan fingerprint density at radius 3 is 2.59 bits per heavy atom. The summed E-state index contributed by atoms with van der Waals surface area (Å²) in [5.74, 6) is -1.62. The summed E-state index contributed by atoms with van der Waals surface area (Å²) < 4.78 is 26.7. The summed E-state index contributed by atoms with van der Waals surface area (Å²) in [7, 11) is -2.02. The van der Waals surface area contributed by atoms with Gasteiger partial charge in [0, 0.05) is 19.3 Å². The Balaban J connectivity index is 2.61. The fraction of sp³-hybridized carbons (Fsp3) is 0.800. The molecule has 1 heterocycles. The average molecular weight is 263 g/mol. The third-order valence-corrected chi connectivity index (χ3v) is 3.47. The number of methoxy groups -OCH3 is 1. The first-order valence-corrected chi connectivity index (χ1v) is 7.43. The van der Waals surface area contributed by atoms with Crippen LogP contribution in [0.4, 0.5) is 0 Å². The highest BCUT2D eigenvalue weighted by atomic mass is 32.2. The van der Waals surface area contributed by atoms with E-state index >= 15 is 0 Å². The average Bonchev–Trinajstić information content (AvgIpc) is 2.26. The second-order valence-electron chi connectivity index (χ2n) is 4.27. The van der Waals surface area contributed by atoms with Crippen molar-refractivity contribution in [2.45, 2.75) is 12.8 Å². The SMILES string of the molecule is COC(=O)C1CCCN(C(=O)CS(C)(=O)=O)C1. The maximum atomic E-state index is 11.7. The molecule has 0 bridgehead atoms. The van der Waals surface area contributed by atoms with Crippen molar-refractivity contribution in [2.75, 3.05) is 32.2 Å². The zero-order valence-electron chi connectivity index (χ0n) is 10.0. The van der Waals surface area contributed by atoms with Gasteiger partial charge in [-0.3, -0.25) is 9.59 Å². The number of sulfone groups is 1. The minimum Gasteiger partial charge on any atom is -0.469 e. The number of rotatable bonds is 3. The quantitative estimate of drug-likeness (QED) is 0.638. The summed E-state index contributed by atoms with van der Waals surface area (Å²) in [6, 6.07) is 0. The molecular weight excluding hydrogens is 246 g/mol. The lowest BCUT2D eigenvalue weighted by atomic mass is 9.98. The van der Waals surface area contributed by atoms with Crippen molar-refractivity contribution < 1.29 is 22.7 Å². The minimum absolute atomic E-state index is 0.251. The molecule has 0 aromatic carbocycles. The molecule has 98 valence electrons. The van der Waals surface area contributed by atoms with Gasteiger partial charge in [0.25, 0.3) is 0 Å². The van der Waals surface area contributed by atoms with Crippen molar-refractivity contribution in [3.8, 4) is 0 Å². The summed E-state index contributed by atoms with van der Waals surface area (Å²) in [6.07, 6.45) is 2.39. The first kappa shape index (κ1) is 14.0. The number of esters is 1. The molecule has 1 amide bonds. The summed E-state index contributed by atoms with van der Waals surface area (Å²) in [5, 5.41) is 0. The van der Waals surface area contributed by atoms with Gasteiger partial charge in [0.2, 0.25) is 5.91 Å². The summed E-state index contributed by atoms with van der Waals surface area (Å²) in [5.41, 5.74) is 0. The fourth-order valence-electron chi connectivity index (χ4n) is 1.88. The number of carbonyl (C=O) groups is 2. The highest BCUT2D eigenvalue weighted by Crippen LogP contribution is 2.17. The van der Waals surface area contributed by atoms with Crippen LogP contribution in [0.3, 0.4) is 0 Å². The van der Waals surface area contributed by atoms with Gasteiger partial charge in [-0.15, -0.1) is 0 Å². The molecule has 0 N–H and O–H groups in total. The van der Waals surface area contributed by atoms with E-state index in [9.17, 15) is 18.0 Å². The number of hydrogen-bond donors (Lipinski definition) is 0. The molecule has 0 aliphatic carbocycles. The predicted octanol–water partition coefficient (Wildman–Crippen LogP) is -0.557. The molecule has 0 spiro atoms. The van der Waals surface area contributed by atoms with Gasteiger partial charge in [0.1, 0.15) is 5.75 Å². The molecule has 0 saturated carbocycles. The van der Waals surface area contributed by atoms with Crippen LogP contribution in [0.1, 0.15) is 12.8 Å². The lowest BCUT2D eigenvalue weighted by molar-refractivity contribution is -0.148. The van der Waals surface area contributed by atoms with E-state index in [1.165, 1.54) is 12.0 Å². The van der Waals surface area contributed by atoms with Gasteiger partial charge < -0.3 is 9.64 Å².